The Hall–Kier alpha value is -0.700. The van der Waals surface area contributed by atoms with Gasteiger partial charge in [-0.15, -0.1) is 11.8 Å². The molecule has 0 bridgehead atoms. The van der Waals surface area contributed by atoms with Crippen molar-refractivity contribution in [2.24, 2.45) is 5.92 Å². The maximum absolute atomic E-state index is 10.6. The summed E-state index contributed by atoms with van der Waals surface area (Å²) in [5.41, 5.74) is 0.588. The van der Waals surface area contributed by atoms with Crippen molar-refractivity contribution in [3.8, 4) is 0 Å². The van der Waals surface area contributed by atoms with Crippen molar-refractivity contribution in [2.45, 2.75) is 11.7 Å². The molecular weight excluding hydrogens is 160 g/mol. The van der Waals surface area contributed by atoms with Crippen LogP contribution in [-0.2, 0) is 4.79 Å². The van der Waals surface area contributed by atoms with E-state index >= 15 is 0 Å². The Morgan fingerprint density at radius 3 is 3.27 bits per heavy atom. The van der Waals surface area contributed by atoms with Crippen molar-refractivity contribution in [3.63, 3.8) is 0 Å². The highest BCUT2D eigenvalue weighted by Crippen LogP contribution is 2.42. The molecule has 0 radical (unpaired) electrons. The average Bonchev–Trinajstić information content (AvgIpc) is 2.41. The first kappa shape index (κ1) is 6.98. The molecule has 2 atom stereocenters. The van der Waals surface area contributed by atoms with E-state index in [1.54, 1.807) is 17.2 Å². The quantitative estimate of drug-likeness (QED) is 0.605. The van der Waals surface area contributed by atoms with Gasteiger partial charge in [0.15, 0.2) is 0 Å². The van der Waals surface area contributed by atoms with Gasteiger partial charge in [-0.05, 0) is 11.8 Å². The lowest BCUT2D eigenvalue weighted by molar-refractivity contribution is -0.133. The monoisotopic (exact) mass is 168 g/mol. The summed E-state index contributed by atoms with van der Waals surface area (Å²) in [5.74, 6) is -0.508. The first-order chi connectivity index (χ1) is 5.29. The SMILES string of the molecule is O=C(O)C1=CSC2C=CCC12. The molecule has 1 heterocycles. The first-order valence-corrected chi connectivity index (χ1v) is 4.49. The Labute approximate surface area is 69.0 Å². The summed E-state index contributed by atoms with van der Waals surface area (Å²) in [5, 5.41) is 10.9. The molecule has 0 aromatic carbocycles. The number of fused-ring (bicyclic) bond motifs is 1. The molecule has 1 aliphatic carbocycles. The van der Waals surface area contributed by atoms with Crippen molar-refractivity contribution in [1.29, 1.82) is 0 Å². The van der Waals surface area contributed by atoms with Crippen LogP contribution in [0.1, 0.15) is 6.42 Å². The summed E-state index contributed by atoms with van der Waals surface area (Å²) < 4.78 is 0. The maximum atomic E-state index is 10.6. The minimum Gasteiger partial charge on any atom is -0.478 e. The summed E-state index contributed by atoms with van der Waals surface area (Å²) >= 11 is 1.62. The lowest BCUT2D eigenvalue weighted by Gasteiger charge is -2.08. The smallest absolute Gasteiger partial charge is 0.332 e. The summed E-state index contributed by atoms with van der Waals surface area (Å²) in [6.07, 6.45) is 5.07. The highest BCUT2D eigenvalue weighted by molar-refractivity contribution is 8.03. The Balaban J connectivity index is 2.21. The number of carbonyl (C=O) groups is 1. The Bertz CT molecular complexity index is 255. The third-order valence-corrected chi connectivity index (χ3v) is 3.30. The van der Waals surface area contributed by atoms with Gasteiger partial charge >= 0.3 is 5.97 Å². The highest BCUT2D eigenvalue weighted by atomic mass is 32.2. The van der Waals surface area contributed by atoms with E-state index in [1.165, 1.54) is 0 Å². The standard InChI is InChI=1S/C8H8O2S/c9-8(10)6-4-11-7-3-1-2-5(6)7/h1,3-5,7H,2H2,(H,9,10). The second-order valence-corrected chi connectivity index (χ2v) is 3.80. The summed E-state index contributed by atoms with van der Waals surface area (Å²) in [6, 6.07) is 0. The normalized spacial score (nSPS) is 33.6. The fourth-order valence-electron chi connectivity index (χ4n) is 1.52. The fraction of sp³-hybridized carbons (Fsp3) is 0.375. The lowest BCUT2D eigenvalue weighted by Crippen LogP contribution is -2.13. The van der Waals surface area contributed by atoms with Crippen LogP contribution in [0.15, 0.2) is 23.1 Å². The van der Waals surface area contributed by atoms with Crippen LogP contribution in [0.25, 0.3) is 0 Å². The van der Waals surface area contributed by atoms with Crippen LogP contribution in [-0.4, -0.2) is 16.3 Å². The Morgan fingerprint density at radius 2 is 2.55 bits per heavy atom. The van der Waals surface area contributed by atoms with Gasteiger partial charge in [-0.3, -0.25) is 0 Å². The van der Waals surface area contributed by atoms with E-state index in [0.29, 0.717) is 10.8 Å². The Morgan fingerprint density at radius 1 is 1.73 bits per heavy atom. The van der Waals surface area contributed by atoms with Gasteiger partial charge in [0.1, 0.15) is 0 Å². The third-order valence-electron chi connectivity index (χ3n) is 2.11. The molecule has 0 spiro atoms. The second kappa shape index (κ2) is 2.41. The molecule has 2 rings (SSSR count). The number of hydrogen-bond acceptors (Lipinski definition) is 2. The molecule has 0 saturated heterocycles. The number of aliphatic carboxylic acids is 1. The average molecular weight is 168 g/mol. The number of hydrogen-bond donors (Lipinski definition) is 1. The van der Waals surface area contributed by atoms with Crippen molar-refractivity contribution in [3.05, 3.63) is 23.1 Å². The minimum atomic E-state index is -0.756. The zero-order valence-corrected chi connectivity index (χ0v) is 6.67. The van der Waals surface area contributed by atoms with Crippen LogP contribution in [0.4, 0.5) is 0 Å². The number of thioether (sulfide) groups is 1. The predicted octanol–water partition coefficient (Wildman–Crippen LogP) is 1.65. The zero-order chi connectivity index (χ0) is 7.84. The van der Waals surface area contributed by atoms with Gasteiger partial charge in [0, 0.05) is 16.7 Å². The summed E-state index contributed by atoms with van der Waals surface area (Å²) in [6.45, 7) is 0. The van der Waals surface area contributed by atoms with Gasteiger partial charge in [-0.1, -0.05) is 12.2 Å². The van der Waals surface area contributed by atoms with Gasteiger partial charge in [0.05, 0.1) is 0 Å². The molecule has 1 N–H and O–H groups in total. The van der Waals surface area contributed by atoms with Crippen molar-refractivity contribution >= 4 is 17.7 Å². The summed E-state index contributed by atoms with van der Waals surface area (Å²) in [4.78, 5) is 10.6. The minimum absolute atomic E-state index is 0.248. The maximum Gasteiger partial charge on any atom is 0.332 e. The van der Waals surface area contributed by atoms with Crippen LogP contribution in [0, 0.1) is 5.92 Å². The van der Waals surface area contributed by atoms with Crippen molar-refractivity contribution < 1.29 is 9.90 Å². The van der Waals surface area contributed by atoms with Crippen molar-refractivity contribution in [1.82, 2.24) is 0 Å². The largest absolute Gasteiger partial charge is 0.478 e. The van der Waals surface area contributed by atoms with E-state index < -0.39 is 5.97 Å². The number of rotatable bonds is 1. The molecular formula is C8H8O2S. The van der Waals surface area contributed by atoms with Crippen LogP contribution >= 0.6 is 11.8 Å². The van der Waals surface area contributed by atoms with E-state index in [-0.39, 0.29) is 5.92 Å². The van der Waals surface area contributed by atoms with E-state index in [0.717, 1.165) is 6.42 Å². The number of allylic oxidation sites excluding steroid dienone is 1. The summed E-state index contributed by atoms with van der Waals surface area (Å²) in [7, 11) is 0. The van der Waals surface area contributed by atoms with Crippen molar-refractivity contribution in [2.75, 3.05) is 0 Å². The number of carboxylic acids is 1. The third kappa shape index (κ3) is 0.997. The molecule has 2 aliphatic rings. The van der Waals surface area contributed by atoms with E-state index in [2.05, 4.69) is 12.2 Å². The molecule has 3 heteroatoms. The van der Waals surface area contributed by atoms with Gasteiger partial charge in [-0.25, -0.2) is 4.79 Å². The molecule has 2 unspecified atom stereocenters. The lowest BCUT2D eigenvalue weighted by atomic mass is 9.98. The first-order valence-electron chi connectivity index (χ1n) is 3.54. The van der Waals surface area contributed by atoms with Crippen LogP contribution < -0.4 is 0 Å². The molecule has 0 saturated carbocycles. The second-order valence-electron chi connectivity index (χ2n) is 2.75. The van der Waals surface area contributed by atoms with E-state index in [4.69, 9.17) is 5.11 Å². The van der Waals surface area contributed by atoms with Crippen LogP contribution in [0.5, 0.6) is 0 Å². The topological polar surface area (TPSA) is 37.3 Å². The molecule has 0 fully saturated rings. The van der Waals surface area contributed by atoms with Gasteiger partial charge in [-0.2, -0.15) is 0 Å². The molecule has 1 aliphatic heterocycles. The highest BCUT2D eigenvalue weighted by Gasteiger charge is 2.34. The zero-order valence-electron chi connectivity index (χ0n) is 5.86. The van der Waals surface area contributed by atoms with Gasteiger partial charge in [0.2, 0.25) is 0 Å². The van der Waals surface area contributed by atoms with Crippen LogP contribution in [0.3, 0.4) is 0 Å². The van der Waals surface area contributed by atoms with Gasteiger partial charge in [0.25, 0.3) is 0 Å². The number of carboxylic acid groups (broad SMARTS) is 1. The van der Waals surface area contributed by atoms with E-state index in [1.807, 2.05) is 0 Å². The molecule has 0 aromatic heterocycles. The molecule has 0 aromatic rings. The molecule has 58 valence electrons. The Kier molecular flexibility index (Phi) is 1.53. The predicted molar refractivity (Wildman–Crippen MR) is 44.3 cm³/mol. The molecule has 11 heavy (non-hydrogen) atoms. The van der Waals surface area contributed by atoms with Crippen LogP contribution in [0.2, 0.25) is 0 Å². The van der Waals surface area contributed by atoms with Gasteiger partial charge < -0.3 is 5.11 Å². The van der Waals surface area contributed by atoms with E-state index in [9.17, 15) is 4.79 Å². The fourth-order valence-corrected chi connectivity index (χ4v) is 2.75. The molecule has 2 nitrogen and oxygen atoms in total. The molecule has 0 amide bonds.